The van der Waals surface area contributed by atoms with Crippen LogP contribution in [0.3, 0.4) is 0 Å². The van der Waals surface area contributed by atoms with Gasteiger partial charge >= 0.3 is 0 Å². The Hall–Kier alpha value is -3.11. The lowest BCUT2D eigenvalue weighted by molar-refractivity contribution is 0.306. The van der Waals surface area contributed by atoms with E-state index in [2.05, 4.69) is 0 Å². The highest BCUT2D eigenvalue weighted by Crippen LogP contribution is 2.25. The van der Waals surface area contributed by atoms with Crippen molar-refractivity contribution in [3.63, 3.8) is 0 Å². The van der Waals surface area contributed by atoms with Crippen molar-refractivity contribution in [2.24, 2.45) is 0 Å². The third kappa shape index (κ3) is 3.57. The Bertz CT molecular complexity index is 1170. The van der Waals surface area contributed by atoms with Gasteiger partial charge in [0.1, 0.15) is 30.0 Å². The first-order chi connectivity index (χ1) is 13.1. The molecule has 0 aliphatic rings. The van der Waals surface area contributed by atoms with Crippen molar-refractivity contribution in [3.8, 4) is 16.9 Å². The Morgan fingerprint density at radius 1 is 1.00 bits per heavy atom. The molecule has 4 aromatic rings. The van der Waals surface area contributed by atoms with Gasteiger partial charge in [-0.3, -0.25) is 4.79 Å². The van der Waals surface area contributed by atoms with E-state index >= 15 is 0 Å². The zero-order chi connectivity index (χ0) is 18.8. The molecule has 1 aromatic heterocycles. The lowest BCUT2D eigenvalue weighted by atomic mass is 10.1. The molecule has 3 aromatic carbocycles. The highest BCUT2D eigenvalue weighted by Gasteiger charge is 2.10. The molecule has 0 aliphatic heterocycles. The van der Waals surface area contributed by atoms with Crippen molar-refractivity contribution in [1.82, 2.24) is 0 Å². The molecule has 0 spiro atoms. The molecule has 27 heavy (non-hydrogen) atoms. The molecule has 0 amide bonds. The summed E-state index contributed by atoms with van der Waals surface area (Å²) in [5, 5.41) is 0.776. The molecular weight excluding hydrogens is 367 g/mol. The fourth-order valence-corrected chi connectivity index (χ4v) is 3.04. The maximum atomic E-state index is 13.1. The summed E-state index contributed by atoms with van der Waals surface area (Å²) in [4.78, 5) is 12.7. The summed E-state index contributed by atoms with van der Waals surface area (Å²) in [5.74, 6) is 0.129. The van der Waals surface area contributed by atoms with Crippen LogP contribution in [-0.2, 0) is 6.61 Å². The van der Waals surface area contributed by atoms with Gasteiger partial charge in [0.25, 0.3) is 0 Å². The van der Waals surface area contributed by atoms with Crippen LogP contribution in [0.15, 0.2) is 82.2 Å². The molecule has 0 aliphatic carbocycles. The van der Waals surface area contributed by atoms with Crippen LogP contribution >= 0.6 is 11.6 Å². The van der Waals surface area contributed by atoms with Gasteiger partial charge in [0.2, 0.25) is 0 Å². The number of hydrogen-bond donors (Lipinski definition) is 0. The predicted molar refractivity (Wildman–Crippen MR) is 104 cm³/mol. The summed E-state index contributed by atoms with van der Waals surface area (Å²) in [6.07, 6.45) is 1.46. The van der Waals surface area contributed by atoms with Crippen LogP contribution in [0.1, 0.15) is 5.56 Å². The second-order valence-corrected chi connectivity index (χ2v) is 6.43. The van der Waals surface area contributed by atoms with Gasteiger partial charge in [0.15, 0.2) is 5.43 Å². The molecule has 5 heteroatoms. The molecule has 0 bridgehead atoms. The van der Waals surface area contributed by atoms with Gasteiger partial charge in [-0.05, 0) is 29.8 Å². The maximum absolute atomic E-state index is 13.1. The van der Waals surface area contributed by atoms with Gasteiger partial charge in [-0.1, -0.05) is 48.0 Å². The third-order valence-electron chi connectivity index (χ3n) is 4.24. The van der Waals surface area contributed by atoms with Crippen molar-refractivity contribution < 1.29 is 13.5 Å². The van der Waals surface area contributed by atoms with E-state index in [1.165, 1.54) is 18.4 Å². The molecule has 1 heterocycles. The summed E-state index contributed by atoms with van der Waals surface area (Å²) in [6.45, 7) is 0.178. The van der Waals surface area contributed by atoms with Gasteiger partial charge in [-0.15, -0.1) is 0 Å². The lowest BCUT2D eigenvalue weighted by Crippen LogP contribution is -2.05. The van der Waals surface area contributed by atoms with Crippen molar-refractivity contribution >= 4 is 22.6 Å². The maximum Gasteiger partial charge on any atom is 0.200 e. The average Bonchev–Trinajstić information content (AvgIpc) is 2.68. The first-order valence-electron chi connectivity index (χ1n) is 8.29. The van der Waals surface area contributed by atoms with Crippen LogP contribution in [0.5, 0.6) is 5.75 Å². The van der Waals surface area contributed by atoms with Crippen LogP contribution in [0.4, 0.5) is 4.39 Å². The fourth-order valence-electron chi connectivity index (χ4n) is 2.82. The van der Waals surface area contributed by atoms with E-state index < -0.39 is 5.82 Å². The number of hydrogen-bond acceptors (Lipinski definition) is 3. The van der Waals surface area contributed by atoms with Crippen LogP contribution in [0.2, 0.25) is 5.02 Å². The minimum absolute atomic E-state index is 0.101. The third-order valence-corrected chi connectivity index (χ3v) is 4.59. The van der Waals surface area contributed by atoms with Crippen LogP contribution in [0.25, 0.3) is 22.1 Å². The van der Waals surface area contributed by atoms with Crippen LogP contribution in [0, 0.1) is 5.82 Å². The lowest BCUT2D eigenvalue weighted by Gasteiger charge is -2.09. The molecule has 0 atom stereocenters. The standard InChI is InChI=1S/C22H14ClFO3/c23-20-10-16(24)7-6-15(20)12-26-17-8-9-18-21(11-17)27-13-19(22(18)25)14-4-2-1-3-5-14/h1-11,13H,12H2. The highest BCUT2D eigenvalue weighted by atomic mass is 35.5. The molecule has 134 valence electrons. The van der Waals surface area contributed by atoms with Crippen molar-refractivity contribution in [1.29, 1.82) is 0 Å². The monoisotopic (exact) mass is 380 g/mol. The highest BCUT2D eigenvalue weighted by molar-refractivity contribution is 6.31. The van der Waals surface area contributed by atoms with E-state index in [0.29, 0.717) is 32.9 Å². The van der Waals surface area contributed by atoms with E-state index in [0.717, 1.165) is 5.56 Å². The predicted octanol–water partition coefficient (Wildman–Crippen LogP) is 5.83. The van der Waals surface area contributed by atoms with E-state index in [-0.39, 0.29) is 12.0 Å². The Labute approximate surface area is 159 Å². The molecule has 0 fully saturated rings. The Kier molecular flexibility index (Phi) is 4.65. The van der Waals surface area contributed by atoms with Crippen LogP contribution in [-0.4, -0.2) is 0 Å². The fraction of sp³-hybridized carbons (Fsp3) is 0.0455. The largest absolute Gasteiger partial charge is 0.489 e. The smallest absolute Gasteiger partial charge is 0.200 e. The molecule has 0 radical (unpaired) electrons. The molecular formula is C22H14ClFO3. The van der Waals surface area contributed by atoms with Crippen molar-refractivity contribution in [3.05, 3.63) is 99.6 Å². The Morgan fingerprint density at radius 2 is 1.81 bits per heavy atom. The second kappa shape index (κ2) is 7.25. The SMILES string of the molecule is O=c1c(-c2ccccc2)coc2cc(OCc3ccc(F)cc3Cl)ccc12. The van der Waals surface area contributed by atoms with E-state index in [9.17, 15) is 9.18 Å². The minimum Gasteiger partial charge on any atom is -0.489 e. The second-order valence-electron chi connectivity index (χ2n) is 6.03. The number of fused-ring (bicyclic) bond motifs is 1. The minimum atomic E-state index is -0.398. The first-order valence-corrected chi connectivity index (χ1v) is 8.67. The van der Waals surface area contributed by atoms with Gasteiger partial charge in [-0.2, -0.15) is 0 Å². The number of benzene rings is 3. The van der Waals surface area contributed by atoms with Crippen molar-refractivity contribution in [2.45, 2.75) is 6.61 Å². The normalized spacial score (nSPS) is 10.9. The molecule has 0 saturated carbocycles. The molecule has 0 unspecified atom stereocenters. The topological polar surface area (TPSA) is 39.4 Å². The molecule has 0 N–H and O–H groups in total. The van der Waals surface area contributed by atoms with E-state index in [1.54, 1.807) is 24.3 Å². The number of rotatable bonds is 4. The summed E-state index contributed by atoms with van der Waals surface area (Å²) in [7, 11) is 0. The van der Waals surface area contributed by atoms with Gasteiger partial charge < -0.3 is 9.15 Å². The zero-order valence-corrected chi connectivity index (χ0v) is 14.9. The average molecular weight is 381 g/mol. The van der Waals surface area contributed by atoms with Gasteiger partial charge in [0.05, 0.1) is 16.0 Å². The Morgan fingerprint density at radius 3 is 2.59 bits per heavy atom. The van der Waals surface area contributed by atoms with Crippen molar-refractivity contribution in [2.75, 3.05) is 0 Å². The molecule has 3 nitrogen and oxygen atoms in total. The quantitative estimate of drug-likeness (QED) is 0.447. The van der Waals surface area contributed by atoms with Gasteiger partial charge in [0, 0.05) is 11.6 Å². The molecule has 0 saturated heterocycles. The van der Waals surface area contributed by atoms with E-state index in [1.807, 2.05) is 30.3 Å². The van der Waals surface area contributed by atoms with Gasteiger partial charge in [-0.25, -0.2) is 4.39 Å². The Balaban J connectivity index is 1.62. The van der Waals surface area contributed by atoms with E-state index in [4.69, 9.17) is 20.8 Å². The summed E-state index contributed by atoms with van der Waals surface area (Å²) in [5.41, 5.74) is 2.31. The zero-order valence-electron chi connectivity index (χ0n) is 14.1. The van der Waals surface area contributed by atoms with Crippen LogP contribution < -0.4 is 10.2 Å². The molecule has 4 rings (SSSR count). The summed E-state index contributed by atoms with van der Waals surface area (Å²) >= 11 is 6.01. The summed E-state index contributed by atoms with van der Waals surface area (Å²) in [6, 6.07) is 18.5. The number of ether oxygens (including phenoxy) is 1. The first kappa shape index (κ1) is 17.3. The number of halogens is 2. The summed E-state index contributed by atoms with van der Waals surface area (Å²) < 4.78 is 24.5.